The van der Waals surface area contributed by atoms with Crippen LogP contribution in [0.5, 0.6) is 17.2 Å². The number of methoxy groups -OCH3 is 1. The highest BCUT2D eigenvalue weighted by Crippen LogP contribution is 2.41. The van der Waals surface area contributed by atoms with Gasteiger partial charge in [-0.05, 0) is 37.1 Å². The Hall–Kier alpha value is -3.22. The number of aromatic amines is 1. The van der Waals surface area contributed by atoms with Crippen molar-refractivity contribution in [3.63, 3.8) is 0 Å². The lowest BCUT2D eigenvalue weighted by atomic mass is 9.96. The van der Waals surface area contributed by atoms with Gasteiger partial charge >= 0.3 is 0 Å². The highest BCUT2D eigenvalue weighted by Gasteiger charge is 2.29. The number of para-hydroxylation sites is 2. The van der Waals surface area contributed by atoms with Crippen LogP contribution < -0.4 is 14.2 Å². The molecule has 1 N–H and O–H groups in total. The molecule has 2 aromatic carbocycles. The lowest BCUT2D eigenvalue weighted by Gasteiger charge is -2.32. The molecule has 0 bridgehead atoms. The van der Waals surface area contributed by atoms with Crippen molar-refractivity contribution in [3.05, 3.63) is 47.8 Å². The number of rotatable bonds is 3. The van der Waals surface area contributed by atoms with Gasteiger partial charge in [0, 0.05) is 24.6 Å². The second-order valence-corrected chi connectivity index (χ2v) is 7.43. The van der Waals surface area contributed by atoms with Crippen molar-refractivity contribution in [2.75, 3.05) is 33.4 Å². The number of carbonyl (C=O) groups excluding carboxylic acids is 1. The number of carbonyl (C=O) groups is 1. The number of aromatic nitrogens is 2. The smallest absolute Gasteiger partial charge is 0.254 e. The van der Waals surface area contributed by atoms with Gasteiger partial charge in [0.25, 0.3) is 5.91 Å². The third-order valence-corrected chi connectivity index (χ3v) is 5.58. The molecular weight excluding hydrogens is 370 g/mol. The second kappa shape index (κ2) is 7.31. The standard InChI is InChI=1S/C22H23N3O4/c1-27-18-11-15(12-19-20(18)29-10-9-28-19)22(26)25-8-4-5-14(13-25)21-23-16-6-2-3-7-17(16)24-21/h2-3,6-7,11-12,14H,4-5,8-10,13H2,1H3,(H,23,24). The summed E-state index contributed by atoms with van der Waals surface area (Å²) in [5.41, 5.74) is 2.54. The number of piperidine rings is 1. The first kappa shape index (κ1) is 17.8. The molecule has 3 heterocycles. The summed E-state index contributed by atoms with van der Waals surface area (Å²) < 4.78 is 16.7. The molecule has 0 aliphatic carbocycles. The lowest BCUT2D eigenvalue weighted by molar-refractivity contribution is 0.0703. The lowest BCUT2D eigenvalue weighted by Crippen LogP contribution is -2.39. The van der Waals surface area contributed by atoms with Gasteiger partial charge in [-0.25, -0.2) is 4.98 Å². The maximum atomic E-state index is 13.2. The molecule has 1 saturated heterocycles. The monoisotopic (exact) mass is 393 g/mol. The van der Waals surface area contributed by atoms with Gasteiger partial charge < -0.3 is 24.1 Å². The third-order valence-electron chi connectivity index (χ3n) is 5.58. The molecule has 1 atom stereocenters. The minimum atomic E-state index is -0.0268. The van der Waals surface area contributed by atoms with Crippen LogP contribution in [0, 0.1) is 0 Å². The van der Waals surface area contributed by atoms with Gasteiger partial charge in [-0.15, -0.1) is 0 Å². The summed E-state index contributed by atoms with van der Waals surface area (Å²) in [4.78, 5) is 23.3. The summed E-state index contributed by atoms with van der Waals surface area (Å²) in [5, 5.41) is 0. The van der Waals surface area contributed by atoms with Crippen LogP contribution in [0.2, 0.25) is 0 Å². The number of benzene rings is 2. The van der Waals surface area contributed by atoms with E-state index in [1.165, 1.54) is 0 Å². The predicted octanol–water partition coefficient (Wildman–Crippen LogP) is 3.36. The van der Waals surface area contributed by atoms with Crippen LogP contribution in [0.4, 0.5) is 0 Å². The van der Waals surface area contributed by atoms with E-state index in [-0.39, 0.29) is 11.8 Å². The van der Waals surface area contributed by atoms with E-state index in [9.17, 15) is 4.79 Å². The van der Waals surface area contributed by atoms with Gasteiger partial charge in [0.05, 0.1) is 18.1 Å². The maximum Gasteiger partial charge on any atom is 0.254 e. The summed E-state index contributed by atoms with van der Waals surface area (Å²) in [6, 6.07) is 11.5. The normalized spacial score (nSPS) is 18.7. The van der Waals surface area contributed by atoms with E-state index in [0.29, 0.717) is 42.6 Å². The molecule has 3 aromatic rings. The Bertz CT molecular complexity index is 1010. The zero-order valence-electron chi connectivity index (χ0n) is 16.3. The van der Waals surface area contributed by atoms with Crippen molar-refractivity contribution in [2.45, 2.75) is 18.8 Å². The zero-order valence-corrected chi connectivity index (χ0v) is 16.3. The number of imidazole rings is 1. The molecule has 29 heavy (non-hydrogen) atoms. The Balaban J connectivity index is 1.40. The quantitative estimate of drug-likeness (QED) is 0.738. The van der Waals surface area contributed by atoms with Gasteiger partial charge in [0.2, 0.25) is 5.75 Å². The van der Waals surface area contributed by atoms with Crippen molar-refractivity contribution < 1.29 is 19.0 Å². The fraction of sp³-hybridized carbons (Fsp3) is 0.364. The minimum Gasteiger partial charge on any atom is -0.493 e. The van der Waals surface area contributed by atoms with Crippen LogP contribution in [0.1, 0.15) is 34.9 Å². The largest absolute Gasteiger partial charge is 0.493 e. The summed E-state index contributed by atoms with van der Waals surface area (Å²) in [5.74, 6) is 2.76. The molecular formula is C22H23N3O4. The number of amides is 1. The van der Waals surface area contributed by atoms with E-state index in [2.05, 4.69) is 4.98 Å². The molecule has 1 aromatic heterocycles. The summed E-state index contributed by atoms with van der Waals surface area (Å²) in [7, 11) is 1.57. The van der Waals surface area contributed by atoms with Crippen molar-refractivity contribution in [1.82, 2.24) is 14.9 Å². The van der Waals surface area contributed by atoms with Gasteiger partial charge in [-0.1, -0.05) is 12.1 Å². The number of nitrogens with one attached hydrogen (secondary N) is 1. The molecule has 2 aliphatic rings. The summed E-state index contributed by atoms with van der Waals surface area (Å²) in [6.07, 6.45) is 1.95. The molecule has 2 aliphatic heterocycles. The number of hydrogen-bond donors (Lipinski definition) is 1. The van der Waals surface area contributed by atoms with Gasteiger partial charge in [0.15, 0.2) is 11.5 Å². The van der Waals surface area contributed by atoms with E-state index >= 15 is 0 Å². The number of likely N-dealkylation sites (tertiary alicyclic amines) is 1. The Labute approximate surface area is 168 Å². The van der Waals surface area contributed by atoms with Crippen LogP contribution in [-0.4, -0.2) is 54.2 Å². The van der Waals surface area contributed by atoms with Gasteiger partial charge in [0.1, 0.15) is 19.0 Å². The highest BCUT2D eigenvalue weighted by atomic mass is 16.6. The van der Waals surface area contributed by atoms with Crippen molar-refractivity contribution >= 4 is 16.9 Å². The molecule has 0 radical (unpaired) electrons. The number of hydrogen-bond acceptors (Lipinski definition) is 5. The Morgan fingerprint density at radius 1 is 1.24 bits per heavy atom. The van der Waals surface area contributed by atoms with E-state index in [4.69, 9.17) is 19.2 Å². The van der Waals surface area contributed by atoms with Gasteiger partial charge in [-0.2, -0.15) is 0 Å². The number of ether oxygens (including phenoxy) is 3. The van der Waals surface area contributed by atoms with Crippen LogP contribution >= 0.6 is 0 Å². The minimum absolute atomic E-state index is 0.0268. The Morgan fingerprint density at radius 3 is 2.97 bits per heavy atom. The first-order valence-corrected chi connectivity index (χ1v) is 9.94. The first-order chi connectivity index (χ1) is 14.2. The fourth-order valence-corrected chi connectivity index (χ4v) is 4.13. The second-order valence-electron chi connectivity index (χ2n) is 7.43. The molecule has 0 saturated carbocycles. The molecule has 7 nitrogen and oxygen atoms in total. The first-order valence-electron chi connectivity index (χ1n) is 9.94. The average molecular weight is 393 g/mol. The number of fused-ring (bicyclic) bond motifs is 2. The molecule has 150 valence electrons. The van der Waals surface area contributed by atoms with Crippen molar-refractivity contribution in [3.8, 4) is 17.2 Å². The van der Waals surface area contributed by atoms with E-state index in [1.807, 2.05) is 29.2 Å². The van der Waals surface area contributed by atoms with Crippen LogP contribution in [0.3, 0.4) is 0 Å². The zero-order chi connectivity index (χ0) is 19.8. The Morgan fingerprint density at radius 2 is 2.10 bits per heavy atom. The van der Waals surface area contributed by atoms with E-state index in [1.54, 1.807) is 19.2 Å². The molecule has 7 heteroatoms. The predicted molar refractivity (Wildman–Crippen MR) is 108 cm³/mol. The molecule has 1 amide bonds. The van der Waals surface area contributed by atoms with Gasteiger partial charge in [-0.3, -0.25) is 4.79 Å². The SMILES string of the molecule is COc1cc(C(=O)N2CCCC(c3nc4ccccc4[nH]3)C2)cc2c1OCCO2. The third kappa shape index (κ3) is 3.26. The maximum absolute atomic E-state index is 13.2. The average Bonchev–Trinajstić information content (AvgIpc) is 3.22. The summed E-state index contributed by atoms with van der Waals surface area (Å²) >= 11 is 0. The van der Waals surface area contributed by atoms with Crippen LogP contribution in [0.25, 0.3) is 11.0 Å². The molecule has 0 spiro atoms. The number of nitrogens with zero attached hydrogens (tertiary/aromatic N) is 2. The molecule has 1 fully saturated rings. The summed E-state index contributed by atoms with van der Waals surface area (Å²) in [6.45, 7) is 2.30. The van der Waals surface area contributed by atoms with Crippen LogP contribution in [-0.2, 0) is 0 Å². The van der Waals surface area contributed by atoms with Crippen molar-refractivity contribution in [2.24, 2.45) is 0 Å². The van der Waals surface area contributed by atoms with Crippen LogP contribution in [0.15, 0.2) is 36.4 Å². The molecule has 1 unspecified atom stereocenters. The van der Waals surface area contributed by atoms with E-state index in [0.717, 1.165) is 36.2 Å². The topological polar surface area (TPSA) is 76.7 Å². The van der Waals surface area contributed by atoms with Crippen molar-refractivity contribution in [1.29, 1.82) is 0 Å². The number of H-pyrrole nitrogens is 1. The molecule has 5 rings (SSSR count). The fourth-order valence-electron chi connectivity index (χ4n) is 4.13. The Kier molecular flexibility index (Phi) is 4.50. The van der Waals surface area contributed by atoms with E-state index < -0.39 is 0 Å². The highest BCUT2D eigenvalue weighted by molar-refractivity contribution is 5.95.